The summed E-state index contributed by atoms with van der Waals surface area (Å²) in [5, 5.41) is 7.19. The van der Waals surface area contributed by atoms with Gasteiger partial charge >= 0.3 is 0 Å². The van der Waals surface area contributed by atoms with Crippen LogP contribution in [0.5, 0.6) is 0 Å². The molecule has 0 bridgehead atoms. The number of carbonyl (C=O) groups is 2. The van der Waals surface area contributed by atoms with E-state index >= 15 is 0 Å². The Hall–Kier alpha value is -2.42. The zero-order chi connectivity index (χ0) is 17.9. The van der Waals surface area contributed by atoms with E-state index in [9.17, 15) is 9.59 Å². The summed E-state index contributed by atoms with van der Waals surface area (Å²) < 4.78 is 1.68. The summed E-state index contributed by atoms with van der Waals surface area (Å²) in [5.41, 5.74) is 0. The van der Waals surface area contributed by atoms with Gasteiger partial charge in [-0.2, -0.15) is 5.10 Å². The van der Waals surface area contributed by atoms with Crippen LogP contribution in [0.1, 0.15) is 19.3 Å². The molecule has 2 aromatic rings. The van der Waals surface area contributed by atoms with Crippen molar-refractivity contribution in [3.63, 3.8) is 0 Å². The highest BCUT2D eigenvalue weighted by Gasteiger charge is 2.32. The van der Waals surface area contributed by atoms with Gasteiger partial charge in [0.1, 0.15) is 12.1 Å². The van der Waals surface area contributed by atoms with Crippen LogP contribution in [0, 0.1) is 5.92 Å². The smallest absolute Gasteiger partial charge is 0.225 e. The van der Waals surface area contributed by atoms with Gasteiger partial charge in [-0.25, -0.2) is 14.6 Å². The monoisotopic (exact) mass is 372 g/mol. The molecule has 136 valence electrons. The molecule has 4 heterocycles. The molecule has 8 nitrogen and oxygen atoms in total. The number of nitrogens with one attached hydrogen (secondary N) is 1. The van der Waals surface area contributed by atoms with Crippen LogP contribution in [0.15, 0.2) is 30.9 Å². The molecule has 4 rings (SSSR count). The molecule has 0 saturated carbocycles. The average molecular weight is 372 g/mol. The quantitative estimate of drug-likeness (QED) is 0.857. The lowest BCUT2D eigenvalue weighted by Crippen LogP contribution is -2.47. The van der Waals surface area contributed by atoms with E-state index in [1.165, 1.54) is 18.1 Å². The van der Waals surface area contributed by atoms with Gasteiger partial charge in [-0.3, -0.25) is 9.59 Å². The van der Waals surface area contributed by atoms with Crippen LogP contribution < -0.4 is 10.2 Å². The molecule has 0 aliphatic carbocycles. The number of carbonyl (C=O) groups excluding carboxylic acids is 2. The Morgan fingerprint density at radius 3 is 2.92 bits per heavy atom. The molecule has 1 amide bonds. The van der Waals surface area contributed by atoms with Crippen LogP contribution in [0.25, 0.3) is 5.82 Å². The number of amides is 1. The topological polar surface area (TPSA) is 93.0 Å². The van der Waals surface area contributed by atoms with Crippen molar-refractivity contribution < 1.29 is 9.59 Å². The first-order chi connectivity index (χ1) is 12.7. The number of nitrogens with zero attached hydrogens (tertiary/aromatic N) is 5. The van der Waals surface area contributed by atoms with Gasteiger partial charge in [0.25, 0.3) is 0 Å². The molecule has 0 radical (unpaired) electrons. The van der Waals surface area contributed by atoms with Gasteiger partial charge in [0.05, 0.1) is 12.0 Å². The van der Waals surface area contributed by atoms with E-state index in [1.807, 2.05) is 18.3 Å². The van der Waals surface area contributed by atoms with E-state index in [0.29, 0.717) is 12.4 Å². The highest BCUT2D eigenvalue weighted by Crippen LogP contribution is 2.24. The van der Waals surface area contributed by atoms with Crippen LogP contribution in [0.4, 0.5) is 5.82 Å². The van der Waals surface area contributed by atoms with Crippen LogP contribution in [0.3, 0.4) is 0 Å². The Labute approximate surface area is 155 Å². The van der Waals surface area contributed by atoms with Crippen LogP contribution in [-0.4, -0.2) is 55.7 Å². The molecule has 2 aromatic heterocycles. The molecular formula is C17H20N6O2S. The van der Waals surface area contributed by atoms with Gasteiger partial charge in [-0.1, -0.05) is 11.8 Å². The third-order valence-corrected chi connectivity index (χ3v) is 5.75. The van der Waals surface area contributed by atoms with Crippen molar-refractivity contribution in [3.05, 3.63) is 30.9 Å². The lowest BCUT2D eigenvalue weighted by atomic mass is 9.96. The normalized spacial score (nSPS) is 23.2. The van der Waals surface area contributed by atoms with Crippen molar-refractivity contribution in [1.29, 1.82) is 0 Å². The minimum atomic E-state index is -0.326. The fraction of sp³-hybridized carbons (Fsp3) is 0.471. The molecule has 2 aliphatic heterocycles. The Kier molecular flexibility index (Phi) is 4.87. The van der Waals surface area contributed by atoms with E-state index in [2.05, 4.69) is 25.3 Å². The average Bonchev–Trinajstić information content (AvgIpc) is 3.35. The van der Waals surface area contributed by atoms with Crippen LogP contribution in [-0.2, 0) is 9.59 Å². The van der Waals surface area contributed by atoms with Crippen molar-refractivity contribution >= 4 is 28.6 Å². The summed E-state index contributed by atoms with van der Waals surface area (Å²) in [6.07, 6.45) is 7.51. The minimum absolute atomic E-state index is 0.0306. The van der Waals surface area contributed by atoms with Gasteiger partial charge in [-0.15, -0.1) is 0 Å². The van der Waals surface area contributed by atoms with E-state index in [-0.39, 0.29) is 23.0 Å². The second-order valence-electron chi connectivity index (χ2n) is 6.49. The first-order valence-corrected chi connectivity index (χ1v) is 9.73. The van der Waals surface area contributed by atoms with E-state index in [0.717, 1.165) is 37.4 Å². The van der Waals surface area contributed by atoms with Gasteiger partial charge in [0.15, 0.2) is 5.82 Å². The molecule has 0 spiro atoms. The van der Waals surface area contributed by atoms with Gasteiger partial charge in [-0.05, 0) is 25.3 Å². The maximum Gasteiger partial charge on any atom is 0.225 e. The summed E-state index contributed by atoms with van der Waals surface area (Å²) >= 11 is 1.30. The molecule has 1 N–H and O–H groups in total. The first kappa shape index (κ1) is 17.0. The van der Waals surface area contributed by atoms with Crippen molar-refractivity contribution in [2.75, 3.05) is 23.7 Å². The predicted octanol–water partition coefficient (Wildman–Crippen LogP) is 1.03. The molecule has 2 saturated heterocycles. The van der Waals surface area contributed by atoms with Crippen molar-refractivity contribution in [3.8, 4) is 5.82 Å². The van der Waals surface area contributed by atoms with Crippen LogP contribution in [0.2, 0.25) is 0 Å². The van der Waals surface area contributed by atoms with Crippen molar-refractivity contribution in [2.24, 2.45) is 5.92 Å². The van der Waals surface area contributed by atoms with E-state index < -0.39 is 0 Å². The fourth-order valence-corrected chi connectivity index (χ4v) is 4.29. The number of anilines is 1. The number of thioether (sulfide) groups is 1. The standard InChI is InChI=1S/C17H20N6O2S/c24-16(21-13-4-8-26-17(13)25)12-3-1-6-22(10-12)14-9-15(19-11-18-14)23-7-2-5-20-23/h2,5,7,9,11-13H,1,3-4,6,8,10H2,(H,21,24)/t12-,13+/m1/s1. The second kappa shape index (κ2) is 7.45. The Balaban J connectivity index is 1.44. The highest BCUT2D eigenvalue weighted by molar-refractivity contribution is 8.14. The molecular weight excluding hydrogens is 352 g/mol. The fourth-order valence-electron chi connectivity index (χ4n) is 3.36. The van der Waals surface area contributed by atoms with Gasteiger partial charge in [0.2, 0.25) is 11.0 Å². The first-order valence-electron chi connectivity index (χ1n) is 8.75. The van der Waals surface area contributed by atoms with Gasteiger partial charge in [0, 0.05) is 37.3 Å². The second-order valence-corrected chi connectivity index (χ2v) is 7.59. The lowest BCUT2D eigenvalue weighted by Gasteiger charge is -2.33. The number of hydrogen-bond acceptors (Lipinski definition) is 7. The Bertz CT molecular complexity index is 796. The summed E-state index contributed by atoms with van der Waals surface area (Å²) in [4.78, 5) is 35.0. The van der Waals surface area contributed by atoms with E-state index in [1.54, 1.807) is 10.9 Å². The third kappa shape index (κ3) is 3.57. The molecule has 0 unspecified atom stereocenters. The SMILES string of the molecule is O=C(N[C@H]1CCSC1=O)[C@@H]1CCCN(c2cc(-n3cccn3)ncn2)C1. The maximum atomic E-state index is 12.6. The highest BCUT2D eigenvalue weighted by atomic mass is 32.2. The Morgan fingerprint density at radius 1 is 1.27 bits per heavy atom. The summed E-state index contributed by atoms with van der Waals surface area (Å²) in [7, 11) is 0. The minimum Gasteiger partial charge on any atom is -0.356 e. The summed E-state index contributed by atoms with van der Waals surface area (Å²) in [5.74, 6) is 2.11. The predicted molar refractivity (Wildman–Crippen MR) is 98.1 cm³/mol. The third-order valence-electron chi connectivity index (χ3n) is 4.75. The number of aromatic nitrogens is 4. The van der Waals surface area contributed by atoms with Gasteiger partial charge < -0.3 is 10.2 Å². The molecule has 2 atom stereocenters. The molecule has 26 heavy (non-hydrogen) atoms. The number of hydrogen-bond donors (Lipinski definition) is 1. The molecule has 2 aliphatic rings. The number of rotatable bonds is 4. The number of piperidine rings is 1. The largest absolute Gasteiger partial charge is 0.356 e. The molecule has 2 fully saturated rings. The van der Waals surface area contributed by atoms with E-state index in [4.69, 9.17) is 0 Å². The Morgan fingerprint density at radius 2 is 2.15 bits per heavy atom. The maximum absolute atomic E-state index is 12.6. The molecule has 9 heteroatoms. The van der Waals surface area contributed by atoms with Crippen LogP contribution >= 0.6 is 11.8 Å². The van der Waals surface area contributed by atoms with Crippen molar-refractivity contribution in [2.45, 2.75) is 25.3 Å². The van der Waals surface area contributed by atoms with Crippen molar-refractivity contribution in [1.82, 2.24) is 25.1 Å². The molecule has 0 aromatic carbocycles. The summed E-state index contributed by atoms with van der Waals surface area (Å²) in [6.45, 7) is 1.44. The zero-order valence-corrected chi connectivity index (χ0v) is 15.1. The zero-order valence-electron chi connectivity index (χ0n) is 14.2. The lowest BCUT2D eigenvalue weighted by molar-refractivity contribution is -0.128. The summed E-state index contributed by atoms with van der Waals surface area (Å²) in [6, 6.07) is 3.39.